The molecule has 0 spiro atoms. The van der Waals surface area contributed by atoms with Crippen LogP contribution in [0.15, 0.2) is 33.3 Å². The van der Waals surface area contributed by atoms with E-state index < -0.39 is 0 Å². The first-order valence-corrected chi connectivity index (χ1v) is 7.18. The van der Waals surface area contributed by atoms with Gasteiger partial charge in [-0.3, -0.25) is 0 Å². The van der Waals surface area contributed by atoms with E-state index in [4.69, 9.17) is 4.42 Å². The van der Waals surface area contributed by atoms with Crippen molar-refractivity contribution in [2.45, 2.75) is 31.0 Å². The third-order valence-corrected chi connectivity index (χ3v) is 3.71. The predicted molar refractivity (Wildman–Crippen MR) is 77.3 cm³/mol. The number of anilines is 1. The number of hydrogen-bond donors (Lipinski definition) is 1. The fourth-order valence-electron chi connectivity index (χ4n) is 1.81. The Kier molecular flexibility index (Phi) is 3.35. The molecule has 7 heteroatoms. The van der Waals surface area contributed by atoms with Crippen LogP contribution in [0.1, 0.15) is 18.4 Å². The summed E-state index contributed by atoms with van der Waals surface area (Å²) >= 11 is 1.38. The van der Waals surface area contributed by atoms with Crippen LogP contribution in [0.3, 0.4) is 0 Å². The van der Waals surface area contributed by atoms with E-state index in [2.05, 4.69) is 20.3 Å². The van der Waals surface area contributed by atoms with Gasteiger partial charge < -0.3 is 14.1 Å². The Bertz CT molecular complexity index is 729. The van der Waals surface area contributed by atoms with Crippen molar-refractivity contribution in [2.75, 3.05) is 11.9 Å². The lowest BCUT2D eigenvalue weighted by Crippen LogP contribution is -2.02. The van der Waals surface area contributed by atoms with Crippen molar-refractivity contribution in [3.05, 3.63) is 30.0 Å². The van der Waals surface area contributed by atoms with E-state index in [1.165, 1.54) is 11.8 Å². The molecule has 3 heterocycles. The largest absolute Gasteiger partial charge is 0.436 e. The van der Waals surface area contributed by atoms with Gasteiger partial charge in [0.05, 0.1) is 11.9 Å². The fraction of sp³-hybridized carbons (Fsp3) is 0.308. The van der Waals surface area contributed by atoms with Gasteiger partial charge in [0.2, 0.25) is 0 Å². The van der Waals surface area contributed by atoms with Crippen LogP contribution in [0.2, 0.25) is 0 Å². The van der Waals surface area contributed by atoms with Gasteiger partial charge >= 0.3 is 0 Å². The van der Waals surface area contributed by atoms with E-state index in [-0.39, 0.29) is 0 Å². The lowest BCUT2D eigenvalue weighted by atomic mass is 10.4. The molecule has 0 bridgehead atoms. The van der Waals surface area contributed by atoms with Gasteiger partial charge in [-0.1, -0.05) is 0 Å². The third kappa shape index (κ3) is 2.36. The molecule has 0 aliphatic heterocycles. The summed E-state index contributed by atoms with van der Waals surface area (Å²) in [6.45, 7) is 6.68. The Hall–Kier alpha value is -2.02. The molecule has 0 fully saturated rings. The van der Waals surface area contributed by atoms with Crippen LogP contribution in [0.4, 0.5) is 5.82 Å². The molecular weight excluding hydrogens is 274 g/mol. The third-order valence-electron chi connectivity index (χ3n) is 2.89. The van der Waals surface area contributed by atoms with Crippen LogP contribution in [0.5, 0.6) is 0 Å². The van der Waals surface area contributed by atoms with E-state index in [1.54, 1.807) is 6.20 Å². The Labute approximate surface area is 120 Å². The summed E-state index contributed by atoms with van der Waals surface area (Å²) in [7, 11) is 0. The lowest BCUT2D eigenvalue weighted by molar-refractivity contribution is 0.431. The number of nitrogens with zero attached hydrogens (tertiary/aromatic N) is 4. The van der Waals surface area contributed by atoms with E-state index >= 15 is 0 Å². The first-order chi connectivity index (χ1) is 9.67. The molecule has 104 valence electrons. The van der Waals surface area contributed by atoms with Gasteiger partial charge in [-0.05, 0) is 32.5 Å². The molecule has 0 unspecified atom stereocenters. The average Bonchev–Trinajstić information content (AvgIpc) is 2.98. The van der Waals surface area contributed by atoms with Gasteiger partial charge in [-0.25, -0.2) is 15.0 Å². The summed E-state index contributed by atoms with van der Waals surface area (Å²) in [6, 6.07) is 0. The molecule has 1 N–H and O–H groups in total. The topological polar surface area (TPSA) is 68.2 Å². The first-order valence-electron chi connectivity index (χ1n) is 6.37. The normalized spacial score (nSPS) is 11.2. The maximum atomic E-state index is 5.60. The second-order valence-corrected chi connectivity index (χ2v) is 5.28. The van der Waals surface area contributed by atoms with E-state index in [0.717, 1.165) is 34.5 Å². The number of fused-ring (bicyclic) bond motifs is 1. The minimum Gasteiger partial charge on any atom is -0.436 e. The maximum absolute atomic E-state index is 5.60. The maximum Gasteiger partial charge on any atom is 0.262 e. The van der Waals surface area contributed by atoms with Crippen LogP contribution in [0.25, 0.3) is 5.65 Å². The molecule has 20 heavy (non-hydrogen) atoms. The number of aromatic nitrogens is 4. The monoisotopic (exact) mass is 289 g/mol. The van der Waals surface area contributed by atoms with E-state index in [9.17, 15) is 0 Å². The molecule has 0 radical (unpaired) electrons. The molecule has 0 saturated carbocycles. The van der Waals surface area contributed by atoms with Gasteiger partial charge in [0.1, 0.15) is 11.6 Å². The summed E-state index contributed by atoms with van der Waals surface area (Å²) in [5.41, 5.74) is 1.69. The number of rotatable bonds is 4. The number of imidazole rings is 1. The molecule has 0 aliphatic rings. The summed E-state index contributed by atoms with van der Waals surface area (Å²) < 4.78 is 7.54. The SMILES string of the molecule is CCNc1cn2ccnc2c(Sc2nc(C)c(C)o2)n1. The highest BCUT2D eigenvalue weighted by atomic mass is 32.2. The van der Waals surface area contributed by atoms with Gasteiger partial charge in [0.25, 0.3) is 5.22 Å². The minimum absolute atomic E-state index is 0.589. The highest BCUT2D eigenvalue weighted by Gasteiger charge is 2.13. The Morgan fingerprint density at radius 2 is 2.20 bits per heavy atom. The van der Waals surface area contributed by atoms with Gasteiger partial charge in [0, 0.05) is 18.9 Å². The molecule has 6 nitrogen and oxygen atoms in total. The quantitative estimate of drug-likeness (QED) is 0.796. The standard InChI is InChI=1S/C13H15N5OS/c1-4-14-10-7-18-6-5-15-11(18)12(17-10)20-13-16-8(2)9(3)19-13/h5-7,14H,4H2,1-3H3. The average molecular weight is 289 g/mol. The van der Waals surface area contributed by atoms with Gasteiger partial charge in [-0.15, -0.1) is 0 Å². The number of aryl methyl sites for hydroxylation is 2. The summed E-state index contributed by atoms with van der Waals surface area (Å²) in [4.78, 5) is 13.3. The second-order valence-electron chi connectivity index (χ2n) is 4.34. The first kappa shape index (κ1) is 13.0. The zero-order chi connectivity index (χ0) is 14.1. The molecule has 0 aromatic carbocycles. The van der Waals surface area contributed by atoms with Crippen LogP contribution in [-0.4, -0.2) is 25.9 Å². The van der Waals surface area contributed by atoms with Crippen molar-refractivity contribution in [3.63, 3.8) is 0 Å². The zero-order valence-corrected chi connectivity index (χ0v) is 12.4. The fourth-order valence-corrected chi connectivity index (χ4v) is 2.72. The molecule has 0 amide bonds. The van der Waals surface area contributed by atoms with Crippen molar-refractivity contribution in [2.24, 2.45) is 0 Å². The van der Waals surface area contributed by atoms with Crippen LogP contribution >= 0.6 is 11.8 Å². The molecule has 3 rings (SSSR count). The van der Waals surface area contributed by atoms with Crippen molar-refractivity contribution in [1.82, 2.24) is 19.4 Å². The van der Waals surface area contributed by atoms with Crippen molar-refractivity contribution in [3.8, 4) is 0 Å². The van der Waals surface area contributed by atoms with Crippen LogP contribution < -0.4 is 5.32 Å². The molecule has 0 atom stereocenters. The van der Waals surface area contributed by atoms with Gasteiger partial charge in [0.15, 0.2) is 10.7 Å². The van der Waals surface area contributed by atoms with Crippen molar-refractivity contribution >= 4 is 23.2 Å². The lowest BCUT2D eigenvalue weighted by Gasteiger charge is -2.06. The van der Waals surface area contributed by atoms with E-state index in [0.29, 0.717) is 5.22 Å². The highest BCUT2D eigenvalue weighted by molar-refractivity contribution is 7.99. The molecule has 3 aromatic heterocycles. The predicted octanol–water partition coefficient (Wildman–Crippen LogP) is 2.92. The minimum atomic E-state index is 0.589. The van der Waals surface area contributed by atoms with Gasteiger partial charge in [-0.2, -0.15) is 0 Å². The van der Waals surface area contributed by atoms with Crippen molar-refractivity contribution in [1.29, 1.82) is 0 Å². The Morgan fingerprint density at radius 1 is 1.35 bits per heavy atom. The van der Waals surface area contributed by atoms with E-state index in [1.807, 2.05) is 37.6 Å². The molecule has 0 saturated heterocycles. The van der Waals surface area contributed by atoms with Crippen LogP contribution in [-0.2, 0) is 0 Å². The Balaban J connectivity index is 2.02. The molecule has 0 aliphatic carbocycles. The second kappa shape index (κ2) is 5.16. The highest BCUT2D eigenvalue weighted by Crippen LogP contribution is 2.30. The summed E-state index contributed by atoms with van der Waals surface area (Å²) in [5, 5.41) is 4.57. The smallest absolute Gasteiger partial charge is 0.262 e. The number of oxazole rings is 1. The summed E-state index contributed by atoms with van der Waals surface area (Å²) in [6.07, 6.45) is 5.57. The molecular formula is C13H15N5OS. The number of hydrogen-bond acceptors (Lipinski definition) is 6. The Morgan fingerprint density at radius 3 is 2.90 bits per heavy atom. The summed E-state index contributed by atoms with van der Waals surface area (Å²) in [5.74, 6) is 1.63. The van der Waals surface area contributed by atoms with Crippen LogP contribution in [0, 0.1) is 13.8 Å². The van der Waals surface area contributed by atoms with Crippen molar-refractivity contribution < 1.29 is 4.42 Å². The molecule has 3 aromatic rings. The zero-order valence-electron chi connectivity index (χ0n) is 11.5. The number of nitrogens with one attached hydrogen (secondary N) is 1.